The number of sulfonamides is 1. The van der Waals surface area contributed by atoms with Crippen molar-refractivity contribution in [3.05, 3.63) is 66.6 Å². The van der Waals surface area contributed by atoms with Crippen LogP contribution in [0.1, 0.15) is 5.56 Å². The Kier molecular flexibility index (Phi) is 5.40. The van der Waals surface area contributed by atoms with E-state index in [-0.39, 0.29) is 5.03 Å². The standard InChI is InChI=1S/C24H25N5O3S2/c1-27-15-23(25-16-27)34(30,31)29-13-18-11-28(12-19(18)14-29)10-17-6-8-20(9-7-17)32-24-26-21-4-2-3-5-22(21)33-24/h2-9,15-16,18-19H,10-14H2,1H3. The van der Waals surface area contributed by atoms with Crippen LogP contribution >= 0.6 is 11.3 Å². The van der Waals surface area contributed by atoms with E-state index in [0.29, 0.717) is 30.1 Å². The first-order valence-corrected chi connectivity index (χ1v) is 13.5. The largest absolute Gasteiger partial charge is 0.431 e. The van der Waals surface area contributed by atoms with E-state index in [1.54, 1.807) is 22.1 Å². The molecule has 2 aliphatic heterocycles. The van der Waals surface area contributed by atoms with Gasteiger partial charge in [-0.25, -0.2) is 18.4 Å². The Labute approximate surface area is 202 Å². The van der Waals surface area contributed by atoms with Gasteiger partial charge in [0.25, 0.3) is 15.2 Å². The van der Waals surface area contributed by atoms with Gasteiger partial charge in [0.1, 0.15) is 5.75 Å². The summed E-state index contributed by atoms with van der Waals surface area (Å²) in [7, 11) is -1.73. The molecule has 176 valence electrons. The number of ether oxygens (including phenoxy) is 1. The van der Waals surface area contributed by atoms with Gasteiger partial charge in [0.2, 0.25) is 0 Å². The van der Waals surface area contributed by atoms with Gasteiger partial charge in [0.05, 0.1) is 16.5 Å². The normalized spacial score (nSPS) is 21.3. The first kappa shape index (κ1) is 21.7. The minimum Gasteiger partial charge on any atom is -0.431 e. The molecule has 0 bridgehead atoms. The van der Waals surface area contributed by atoms with E-state index < -0.39 is 10.0 Å². The molecule has 4 aromatic rings. The molecule has 0 spiro atoms. The molecule has 2 aromatic carbocycles. The Morgan fingerprint density at radius 1 is 1.03 bits per heavy atom. The second-order valence-electron chi connectivity index (χ2n) is 9.11. The molecule has 0 saturated carbocycles. The maximum atomic E-state index is 12.9. The maximum absolute atomic E-state index is 12.9. The van der Waals surface area contributed by atoms with Crippen LogP contribution in [0.15, 0.2) is 66.1 Å². The molecule has 4 heterocycles. The maximum Gasteiger partial charge on any atom is 0.279 e. The Morgan fingerprint density at radius 2 is 1.76 bits per heavy atom. The quantitative estimate of drug-likeness (QED) is 0.407. The molecule has 2 aromatic heterocycles. The molecule has 0 N–H and O–H groups in total. The van der Waals surface area contributed by atoms with Crippen molar-refractivity contribution in [3.8, 4) is 10.9 Å². The van der Waals surface area contributed by atoms with Crippen LogP contribution in [-0.4, -0.2) is 58.3 Å². The van der Waals surface area contributed by atoms with Crippen molar-refractivity contribution >= 4 is 31.6 Å². The summed E-state index contributed by atoms with van der Waals surface area (Å²) in [5.74, 6) is 1.50. The van der Waals surface area contributed by atoms with Crippen LogP contribution in [-0.2, 0) is 23.6 Å². The van der Waals surface area contributed by atoms with Crippen LogP contribution in [0.4, 0.5) is 0 Å². The van der Waals surface area contributed by atoms with Crippen LogP contribution in [0.2, 0.25) is 0 Å². The Bertz CT molecular complexity index is 1380. The van der Waals surface area contributed by atoms with Gasteiger partial charge in [-0.15, -0.1) is 0 Å². The van der Waals surface area contributed by atoms with E-state index >= 15 is 0 Å². The molecule has 2 saturated heterocycles. The second kappa shape index (κ2) is 8.46. The van der Waals surface area contributed by atoms with Crippen LogP contribution < -0.4 is 4.74 Å². The van der Waals surface area contributed by atoms with Gasteiger partial charge in [-0.05, 0) is 41.7 Å². The van der Waals surface area contributed by atoms with E-state index in [4.69, 9.17) is 4.74 Å². The van der Waals surface area contributed by atoms with E-state index in [0.717, 1.165) is 35.6 Å². The van der Waals surface area contributed by atoms with Crippen LogP contribution in [0.3, 0.4) is 0 Å². The summed E-state index contributed by atoms with van der Waals surface area (Å²) in [4.78, 5) is 11.0. The molecule has 2 unspecified atom stereocenters. The Morgan fingerprint density at radius 3 is 2.44 bits per heavy atom. The first-order valence-electron chi connectivity index (χ1n) is 11.3. The molecule has 8 nitrogen and oxygen atoms in total. The summed E-state index contributed by atoms with van der Waals surface area (Å²) in [6.07, 6.45) is 3.10. The molecule has 2 atom stereocenters. The number of hydrogen-bond donors (Lipinski definition) is 0. The third-order valence-corrected chi connectivity index (χ3v) is 9.25. The number of para-hydroxylation sites is 1. The van der Waals surface area contributed by atoms with Crippen LogP contribution in [0.5, 0.6) is 10.9 Å². The molecule has 2 fully saturated rings. The van der Waals surface area contributed by atoms with Gasteiger partial charge in [0, 0.05) is 46.0 Å². The highest BCUT2D eigenvalue weighted by Gasteiger charge is 2.44. The number of fused-ring (bicyclic) bond motifs is 2. The summed E-state index contributed by atoms with van der Waals surface area (Å²) in [5, 5.41) is 0.784. The third kappa shape index (κ3) is 4.11. The predicted molar refractivity (Wildman–Crippen MR) is 130 cm³/mol. The first-order chi connectivity index (χ1) is 16.4. The topological polar surface area (TPSA) is 80.6 Å². The van der Waals surface area contributed by atoms with E-state index in [1.165, 1.54) is 23.2 Å². The number of nitrogens with zero attached hydrogens (tertiary/aromatic N) is 5. The fraction of sp³-hybridized carbons (Fsp3) is 0.333. The number of likely N-dealkylation sites (tertiary alicyclic amines) is 1. The fourth-order valence-corrected chi connectivity index (χ4v) is 7.30. The lowest BCUT2D eigenvalue weighted by Crippen LogP contribution is -2.33. The number of imidazole rings is 1. The van der Waals surface area contributed by atoms with E-state index in [1.807, 2.05) is 36.4 Å². The van der Waals surface area contributed by atoms with Crippen molar-refractivity contribution in [1.29, 1.82) is 0 Å². The Balaban J connectivity index is 1.05. The molecular formula is C24H25N5O3S2. The number of thiazole rings is 1. The highest BCUT2D eigenvalue weighted by Crippen LogP contribution is 2.35. The molecule has 6 rings (SSSR count). The van der Waals surface area contributed by atoms with Crippen LogP contribution in [0, 0.1) is 11.8 Å². The average Bonchev–Trinajstić information content (AvgIpc) is 3.58. The van der Waals surface area contributed by atoms with Gasteiger partial charge in [0.15, 0.2) is 5.03 Å². The van der Waals surface area contributed by atoms with Crippen molar-refractivity contribution in [2.45, 2.75) is 11.6 Å². The van der Waals surface area contributed by atoms with Gasteiger partial charge in [-0.3, -0.25) is 4.90 Å². The van der Waals surface area contributed by atoms with Crippen molar-refractivity contribution in [1.82, 2.24) is 23.7 Å². The molecule has 10 heteroatoms. The number of aryl methyl sites for hydroxylation is 1. The number of benzene rings is 2. The summed E-state index contributed by atoms with van der Waals surface area (Å²) in [5.41, 5.74) is 2.17. The molecular weight excluding hydrogens is 470 g/mol. The molecule has 0 aliphatic carbocycles. The summed E-state index contributed by atoms with van der Waals surface area (Å²) < 4.78 is 36.1. The summed E-state index contributed by atoms with van der Waals surface area (Å²) in [6.45, 7) is 3.79. The highest BCUT2D eigenvalue weighted by molar-refractivity contribution is 7.89. The van der Waals surface area contributed by atoms with Crippen molar-refractivity contribution in [2.75, 3.05) is 26.2 Å². The van der Waals surface area contributed by atoms with E-state index in [2.05, 4.69) is 27.0 Å². The fourth-order valence-electron chi connectivity index (χ4n) is 4.94. The van der Waals surface area contributed by atoms with Crippen molar-refractivity contribution in [2.24, 2.45) is 18.9 Å². The number of rotatable bonds is 6. The molecule has 0 radical (unpaired) electrons. The predicted octanol–water partition coefficient (Wildman–Crippen LogP) is 3.57. The molecule has 2 aliphatic rings. The molecule has 34 heavy (non-hydrogen) atoms. The zero-order chi connectivity index (χ0) is 23.3. The number of aromatic nitrogens is 3. The van der Waals surface area contributed by atoms with E-state index in [9.17, 15) is 8.42 Å². The number of hydrogen-bond acceptors (Lipinski definition) is 7. The average molecular weight is 496 g/mol. The minimum absolute atomic E-state index is 0.139. The van der Waals surface area contributed by atoms with Crippen molar-refractivity contribution in [3.63, 3.8) is 0 Å². The minimum atomic E-state index is -3.51. The second-order valence-corrected chi connectivity index (χ2v) is 12.0. The lowest BCUT2D eigenvalue weighted by Gasteiger charge is -2.20. The lowest BCUT2D eigenvalue weighted by molar-refractivity contribution is 0.289. The zero-order valence-corrected chi connectivity index (χ0v) is 20.4. The third-order valence-electron chi connectivity index (χ3n) is 6.62. The SMILES string of the molecule is Cn1cnc(S(=O)(=O)N2CC3CN(Cc4ccc(Oc5nc6ccccc6s5)cc4)CC3C2)c1. The smallest absolute Gasteiger partial charge is 0.279 e. The highest BCUT2D eigenvalue weighted by atomic mass is 32.2. The van der Waals surface area contributed by atoms with Gasteiger partial charge < -0.3 is 9.30 Å². The van der Waals surface area contributed by atoms with Crippen molar-refractivity contribution < 1.29 is 13.2 Å². The van der Waals surface area contributed by atoms with Crippen LogP contribution in [0.25, 0.3) is 10.2 Å². The van der Waals surface area contributed by atoms with Gasteiger partial charge in [-0.1, -0.05) is 35.6 Å². The van der Waals surface area contributed by atoms with Gasteiger partial charge in [-0.2, -0.15) is 4.31 Å². The monoisotopic (exact) mass is 495 g/mol. The van der Waals surface area contributed by atoms with Gasteiger partial charge >= 0.3 is 0 Å². The summed E-state index contributed by atoms with van der Waals surface area (Å²) >= 11 is 1.54. The lowest BCUT2D eigenvalue weighted by atomic mass is 10.0. The molecule has 0 amide bonds. The zero-order valence-electron chi connectivity index (χ0n) is 18.7. The Hall–Kier alpha value is -2.79. The summed E-state index contributed by atoms with van der Waals surface area (Å²) in [6, 6.07) is 16.2.